The standard InChI is InChI=1S/C17H19N5OS/c1-4-10-22-15(13-7-5-6-12(2)11-13)20-21-17(22)24-16-18-9-8-14(19-16)23-3/h5-9,11H,4,10H2,1-3H3. The van der Waals surface area contributed by atoms with Crippen LogP contribution in [-0.4, -0.2) is 31.8 Å². The number of nitrogens with zero attached hydrogens (tertiary/aromatic N) is 5. The van der Waals surface area contributed by atoms with E-state index in [0.29, 0.717) is 11.0 Å². The largest absolute Gasteiger partial charge is 0.481 e. The van der Waals surface area contributed by atoms with Gasteiger partial charge in [0, 0.05) is 24.4 Å². The zero-order valence-electron chi connectivity index (χ0n) is 13.9. The number of rotatable bonds is 6. The molecule has 3 rings (SSSR count). The zero-order valence-corrected chi connectivity index (χ0v) is 14.7. The van der Waals surface area contributed by atoms with Crippen molar-refractivity contribution in [2.45, 2.75) is 37.1 Å². The number of hydrogen-bond donors (Lipinski definition) is 0. The van der Waals surface area contributed by atoms with Crippen molar-refractivity contribution in [3.63, 3.8) is 0 Å². The Morgan fingerprint density at radius 1 is 1.21 bits per heavy atom. The van der Waals surface area contributed by atoms with Crippen molar-refractivity contribution in [1.82, 2.24) is 24.7 Å². The van der Waals surface area contributed by atoms with E-state index in [1.807, 2.05) is 6.07 Å². The number of benzene rings is 1. The average Bonchev–Trinajstić information content (AvgIpc) is 2.98. The van der Waals surface area contributed by atoms with Crippen LogP contribution in [0.1, 0.15) is 18.9 Å². The van der Waals surface area contributed by atoms with Crippen molar-refractivity contribution in [2.24, 2.45) is 0 Å². The molecule has 0 radical (unpaired) electrons. The van der Waals surface area contributed by atoms with E-state index in [1.165, 1.54) is 17.3 Å². The minimum atomic E-state index is 0.535. The second-order valence-corrected chi connectivity index (χ2v) is 6.25. The summed E-state index contributed by atoms with van der Waals surface area (Å²) in [5, 5.41) is 10.1. The monoisotopic (exact) mass is 341 g/mol. The van der Waals surface area contributed by atoms with Gasteiger partial charge >= 0.3 is 0 Å². The minimum absolute atomic E-state index is 0.535. The fraction of sp³-hybridized carbons (Fsp3) is 0.294. The van der Waals surface area contributed by atoms with Crippen molar-refractivity contribution < 1.29 is 4.74 Å². The van der Waals surface area contributed by atoms with E-state index in [2.05, 4.69) is 56.8 Å². The van der Waals surface area contributed by atoms with Gasteiger partial charge < -0.3 is 9.30 Å². The Hall–Kier alpha value is -2.41. The molecule has 2 heterocycles. The molecule has 0 aliphatic carbocycles. The van der Waals surface area contributed by atoms with Crippen molar-refractivity contribution in [3.05, 3.63) is 42.1 Å². The predicted molar refractivity (Wildman–Crippen MR) is 93.2 cm³/mol. The van der Waals surface area contributed by atoms with Crippen LogP contribution in [0, 0.1) is 6.92 Å². The van der Waals surface area contributed by atoms with E-state index >= 15 is 0 Å². The third-order valence-corrected chi connectivity index (χ3v) is 4.30. The second kappa shape index (κ2) is 7.44. The van der Waals surface area contributed by atoms with Gasteiger partial charge in [-0.05, 0) is 31.2 Å². The van der Waals surface area contributed by atoms with E-state index in [1.54, 1.807) is 19.4 Å². The van der Waals surface area contributed by atoms with Gasteiger partial charge in [0.05, 0.1) is 7.11 Å². The molecule has 0 fully saturated rings. The van der Waals surface area contributed by atoms with Crippen LogP contribution < -0.4 is 4.74 Å². The molecule has 0 bridgehead atoms. The molecular formula is C17H19N5OS. The molecule has 1 aromatic carbocycles. The summed E-state index contributed by atoms with van der Waals surface area (Å²) in [7, 11) is 1.59. The fourth-order valence-corrected chi connectivity index (χ4v) is 3.14. The second-order valence-electron chi connectivity index (χ2n) is 5.31. The first kappa shape index (κ1) is 16.4. The summed E-state index contributed by atoms with van der Waals surface area (Å²) in [6.07, 6.45) is 2.67. The highest BCUT2D eigenvalue weighted by molar-refractivity contribution is 7.99. The maximum absolute atomic E-state index is 5.15. The number of aromatic nitrogens is 5. The normalized spacial score (nSPS) is 10.8. The van der Waals surface area contributed by atoms with Crippen LogP contribution in [0.2, 0.25) is 0 Å². The maximum atomic E-state index is 5.15. The average molecular weight is 341 g/mol. The summed E-state index contributed by atoms with van der Waals surface area (Å²) in [5.41, 5.74) is 2.26. The molecule has 124 valence electrons. The van der Waals surface area contributed by atoms with E-state index in [9.17, 15) is 0 Å². The smallest absolute Gasteiger partial charge is 0.217 e. The number of aryl methyl sites for hydroxylation is 1. The first-order valence-electron chi connectivity index (χ1n) is 7.76. The lowest BCUT2D eigenvalue weighted by atomic mass is 10.1. The minimum Gasteiger partial charge on any atom is -0.481 e. The maximum Gasteiger partial charge on any atom is 0.217 e. The zero-order chi connectivity index (χ0) is 16.9. The van der Waals surface area contributed by atoms with Gasteiger partial charge in [-0.25, -0.2) is 4.98 Å². The quantitative estimate of drug-likeness (QED) is 0.638. The Morgan fingerprint density at radius 2 is 2.08 bits per heavy atom. The van der Waals surface area contributed by atoms with Gasteiger partial charge in [-0.1, -0.05) is 30.7 Å². The summed E-state index contributed by atoms with van der Waals surface area (Å²) in [5.74, 6) is 1.40. The molecule has 0 aliphatic heterocycles. The predicted octanol–water partition coefficient (Wildman–Crippen LogP) is 3.61. The van der Waals surface area contributed by atoms with Crippen molar-refractivity contribution in [3.8, 4) is 17.3 Å². The lowest BCUT2D eigenvalue weighted by molar-refractivity contribution is 0.392. The molecule has 0 spiro atoms. The topological polar surface area (TPSA) is 65.7 Å². The molecule has 0 atom stereocenters. The summed E-state index contributed by atoms with van der Waals surface area (Å²) in [4.78, 5) is 8.60. The van der Waals surface area contributed by atoms with Gasteiger partial charge in [0.1, 0.15) is 0 Å². The first-order valence-corrected chi connectivity index (χ1v) is 8.58. The van der Waals surface area contributed by atoms with E-state index < -0.39 is 0 Å². The summed E-state index contributed by atoms with van der Waals surface area (Å²) < 4.78 is 7.26. The van der Waals surface area contributed by atoms with Crippen molar-refractivity contribution in [2.75, 3.05) is 7.11 Å². The van der Waals surface area contributed by atoms with Crippen LogP contribution in [0.4, 0.5) is 0 Å². The SMILES string of the molecule is CCCn1c(Sc2nccc(OC)n2)nnc1-c1cccc(C)c1. The number of methoxy groups -OCH3 is 1. The lowest BCUT2D eigenvalue weighted by Gasteiger charge is -2.09. The Morgan fingerprint density at radius 3 is 2.83 bits per heavy atom. The van der Waals surface area contributed by atoms with Gasteiger partial charge in [0.2, 0.25) is 5.88 Å². The Balaban J connectivity index is 1.96. The van der Waals surface area contributed by atoms with Crippen LogP contribution in [0.3, 0.4) is 0 Å². The van der Waals surface area contributed by atoms with Gasteiger partial charge in [-0.3, -0.25) is 0 Å². The molecule has 0 N–H and O–H groups in total. The van der Waals surface area contributed by atoms with Crippen LogP contribution in [0.25, 0.3) is 11.4 Å². The highest BCUT2D eigenvalue weighted by atomic mass is 32.2. The van der Waals surface area contributed by atoms with Crippen molar-refractivity contribution >= 4 is 11.8 Å². The number of hydrogen-bond acceptors (Lipinski definition) is 6. The summed E-state index contributed by atoms with van der Waals surface area (Å²) in [6.45, 7) is 5.04. The number of ether oxygens (including phenoxy) is 1. The Labute approximate surface area is 145 Å². The van der Waals surface area contributed by atoms with Crippen LogP contribution in [-0.2, 0) is 6.54 Å². The van der Waals surface area contributed by atoms with Gasteiger partial charge in [0.15, 0.2) is 16.1 Å². The molecule has 0 saturated carbocycles. The molecule has 24 heavy (non-hydrogen) atoms. The molecule has 6 nitrogen and oxygen atoms in total. The van der Waals surface area contributed by atoms with Crippen LogP contribution >= 0.6 is 11.8 Å². The lowest BCUT2D eigenvalue weighted by Crippen LogP contribution is -2.02. The summed E-state index contributed by atoms with van der Waals surface area (Å²) in [6, 6.07) is 10.0. The Kier molecular flexibility index (Phi) is 5.10. The van der Waals surface area contributed by atoms with Crippen LogP contribution in [0.15, 0.2) is 46.8 Å². The molecule has 2 aromatic heterocycles. The van der Waals surface area contributed by atoms with E-state index in [0.717, 1.165) is 29.5 Å². The van der Waals surface area contributed by atoms with E-state index in [-0.39, 0.29) is 0 Å². The molecule has 3 aromatic rings. The van der Waals surface area contributed by atoms with Gasteiger partial charge in [0.25, 0.3) is 0 Å². The van der Waals surface area contributed by atoms with Crippen LogP contribution in [0.5, 0.6) is 5.88 Å². The molecule has 7 heteroatoms. The van der Waals surface area contributed by atoms with Crippen molar-refractivity contribution in [1.29, 1.82) is 0 Å². The third-order valence-electron chi connectivity index (χ3n) is 3.44. The summed E-state index contributed by atoms with van der Waals surface area (Å²) >= 11 is 1.39. The highest BCUT2D eigenvalue weighted by Gasteiger charge is 2.16. The van der Waals surface area contributed by atoms with Gasteiger partial charge in [-0.2, -0.15) is 4.98 Å². The molecule has 0 aliphatic rings. The molecule has 0 unspecified atom stereocenters. The van der Waals surface area contributed by atoms with E-state index in [4.69, 9.17) is 4.74 Å². The Bertz CT molecular complexity index is 833. The molecular weight excluding hydrogens is 322 g/mol. The molecule has 0 saturated heterocycles. The highest BCUT2D eigenvalue weighted by Crippen LogP contribution is 2.28. The van der Waals surface area contributed by atoms with Gasteiger partial charge in [-0.15, -0.1) is 10.2 Å². The third kappa shape index (κ3) is 3.56. The first-order chi connectivity index (χ1) is 11.7. The fourth-order valence-electron chi connectivity index (χ4n) is 2.36. The molecule has 0 amide bonds.